The molecule has 0 spiro atoms. The molecule has 2 rings (SSSR count). The fourth-order valence-corrected chi connectivity index (χ4v) is 7.75. The predicted octanol–water partition coefficient (Wildman–Crippen LogP) is 11.3. The summed E-state index contributed by atoms with van der Waals surface area (Å²) in [6.07, 6.45) is -13.0. The highest BCUT2D eigenvalue weighted by atomic mass is 19.4. The zero-order valence-electron chi connectivity index (χ0n) is 38.5. The number of nitrogens with two attached hydrogens (primary N) is 2. The number of halogens is 10. The largest absolute Gasteiger partial charge is 0.459 e. The first-order chi connectivity index (χ1) is 29.3. The lowest BCUT2D eigenvalue weighted by atomic mass is 9.74. The highest BCUT2D eigenvalue weighted by Crippen LogP contribution is 2.42. The van der Waals surface area contributed by atoms with Crippen LogP contribution in [0.25, 0.3) is 0 Å². The van der Waals surface area contributed by atoms with Gasteiger partial charge in [0.05, 0.1) is 48.8 Å². The Labute approximate surface area is 374 Å². The summed E-state index contributed by atoms with van der Waals surface area (Å²) in [5, 5.41) is 0. The van der Waals surface area contributed by atoms with Crippen LogP contribution in [0.3, 0.4) is 0 Å². The molecular formula is C45H64F10N2O8. The third kappa shape index (κ3) is 19.5. The Bertz CT molecular complexity index is 1690. The predicted molar refractivity (Wildman–Crippen MR) is 224 cm³/mol. The Hall–Kier alpha value is -3.88. The molecule has 4 unspecified atom stereocenters. The summed E-state index contributed by atoms with van der Waals surface area (Å²) < 4.78 is 167. The van der Waals surface area contributed by atoms with Crippen molar-refractivity contribution in [2.75, 3.05) is 51.1 Å². The number of anilines is 2. The zero-order valence-corrected chi connectivity index (χ0v) is 38.5. The molecule has 0 heterocycles. The van der Waals surface area contributed by atoms with E-state index in [2.05, 4.69) is 0 Å². The maximum Gasteiger partial charge on any atom is 0.455 e. The minimum absolute atomic E-state index is 0.0683. The van der Waals surface area contributed by atoms with Crippen molar-refractivity contribution in [1.29, 1.82) is 0 Å². The molecule has 372 valence electrons. The Morgan fingerprint density at radius 3 is 1.06 bits per heavy atom. The van der Waals surface area contributed by atoms with Crippen LogP contribution in [0.15, 0.2) is 48.5 Å². The number of carbonyl (C=O) groups excluding carboxylic acids is 2. The van der Waals surface area contributed by atoms with Crippen molar-refractivity contribution in [3.63, 3.8) is 0 Å². The molecule has 0 saturated carbocycles. The quantitative estimate of drug-likeness (QED) is 0.0532. The molecule has 0 aliphatic carbocycles. The fourth-order valence-electron chi connectivity index (χ4n) is 7.75. The second kappa shape index (κ2) is 21.8. The number of hydrogen-bond acceptors (Lipinski definition) is 10. The van der Waals surface area contributed by atoms with Gasteiger partial charge in [-0.05, 0) is 121 Å². The maximum atomic E-state index is 13.8. The third-order valence-corrected chi connectivity index (χ3v) is 10.2. The van der Waals surface area contributed by atoms with Gasteiger partial charge in [0.15, 0.2) is 0 Å². The van der Waals surface area contributed by atoms with Gasteiger partial charge in [0.25, 0.3) is 0 Å². The van der Waals surface area contributed by atoms with Gasteiger partial charge in [-0.2, -0.15) is 43.9 Å². The Morgan fingerprint density at radius 2 is 0.785 bits per heavy atom. The van der Waals surface area contributed by atoms with Gasteiger partial charge in [-0.15, -0.1) is 0 Å². The molecule has 4 N–H and O–H groups in total. The van der Waals surface area contributed by atoms with Crippen LogP contribution in [-0.2, 0) is 28.4 Å². The Morgan fingerprint density at radius 1 is 0.492 bits per heavy atom. The van der Waals surface area contributed by atoms with Gasteiger partial charge in [-0.3, -0.25) is 0 Å². The van der Waals surface area contributed by atoms with E-state index in [1.54, 1.807) is 27.7 Å². The highest BCUT2D eigenvalue weighted by molar-refractivity contribution is 5.90. The molecular weight excluding hydrogens is 886 g/mol. The number of hydrogen-bond donors (Lipinski definition) is 2. The average Bonchev–Trinajstić information content (AvgIpc) is 3.11. The van der Waals surface area contributed by atoms with Gasteiger partial charge in [-0.25, -0.2) is 9.59 Å². The van der Waals surface area contributed by atoms with Crippen molar-refractivity contribution in [2.45, 2.75) is 143 Å². The zero-order chi connectivity index (χ0) is 50.1. The fraction of sp³-hybridized carbons (Fsp3) is 0.689. The van der Waals surface area contributed by atoms with Crippen molar-refractivity contribution in [1.82, 2.24) is 0 Å². The summed E-state index contributed by atoms with van der Waals surface area (Å²) in [6.45, 7) is 11.3. The molecule has 0 fully saturated rings. The number of rotatable bonds is 26. The van der Waals surface area contributed by atoms with Crippen LogP contribution in [0, 0.1) is 16.2 Å². The summed E-state index contributed by atoms with van der Waals surface area (Å²) >= 11 is 0. The number of esters is 2. The van der Waals surface area contributed by atoms with Crippen molar-refractivity contribution in [3.05, 3.63) is 59.7 Å². The maximum absolute atomic E-state index is 13.8. The minimum Gasteiger partial charge on any atom is -0.459 e. The van der Waals surface area contributed by atoms with Gasteiger partial charge in [0, 0.05) is 22.2 Å². The number of alkyl halides is 10. The Balaban J connectivity index is 2.21. The van der Waals surface area contributed by atoms with Crippen LogP contribution in [0.5, 0.6) is 0 Å². The lowest BCUT2D eigenvalue weighted by Crippen LogP contribution is -2.44. The molecule has 20 heteroatoms. The first-order valence-electron chi connectivity index (χ1n) is 20.8. The molecule has 2 aromatic carbocycles. The van der Waals surface area contributed by atoms with Gasteiger partial charge in [0.2, 0.25) is 0 Å². The van der Waals surface area contributed by atoms with E-state index in [1.165, 1.54) is 76.2 Å². The standard InChI is InChI=1S/C45H64F10N2O8/c1-29(64-35(58)31-11-15-33(56)16-12-31)19-40(9,23-60-27-42(46,47)44(50,51)52)25-62-38(5,6)21-37(3,4)22-39(7,8)63-26-41(10,24-61-28-43(48,49)45(53,54)55)20-30(2)65-36(59)32-13-17-34(57)18-14-32/h11-18,29-30H,19-28,56-57H2,1-10H3. The summed E-state index contributed by atoms with van der Waals surface area (Å²) in [5.41, 5.74) is 7.40. The SMILES string of the molecule is CC(CC(C)(COCC(F)(F)C(F)(F)F)COC(C)(C)CC(C)(C)CC(C)(C)OCC(C)(COCC(F)(F)C(F)(F)F)CC(C)OC(=O)c1ccc(N)cc1)OC(=O)c1ccc(N)cc1. The molecule has 0 aliphatic rings. The van der Waals surface area contributed by atoms with E-state index >= 15 is 0 Å². The van der Waals surface area contributed by atoms with Crippen LogP contribution in [0.1, 0.15) is 116 Å². The van der Waals surface area contributed by atoms with E-state index in [1.807, 2.05) is 13.8 Å². The molecule has 0 aromatic heterocycles. The van der Waals surface area contributed by atoms with Crippen LogP contribution < -0.4 is 11.5 Å². The average molecular weight is 951 g/mol. The summed E-state index contributed by atoms with van der Waals surface area (Å²) in [4.78, 5) is 25.6. The smallest absolute Gasteiger partial charge is 0.455 e. The first kappa shape index (κ1) is 57.2. The normalized spacial score (nSPS) is 16.3. The molecule has 0 bridgehead atoms. The van der Waals surface area contributed by atoms with Crippen molar-refractivity contribution < 1.29 is 81.9 Å². The molecule has 0 saturated heterocycles. The van der Waals surface area contributed by atoms with E-state index in [9.17, 15) is 53.5 Å². The van der Waals surface area contributed by atoms with Crippen molar-refractivity contribution in [3.8, 4) is 0 Å². The van der Waals surface area contributed by atoms with E-state index in [0.29, 0.717) is 24.2 Å². The molecule has 4 atom stereocenters. The lowest BCUT2D eigenvalue weighted by Gasteiger charge is -2.43. The molecule has 0 amide bonds. The molecule has 0 aliphatic heterocycles. The molecule has 2 aromatic rings. The van der Waals surface area contributed by atoms with Crippen LogP contribution in [0.4, 0.5) is 55.3 Å². The highest BCUT2D eigenvalue weighted by Gasteiger charge is 2.58. The molecule has 65 heavy (non-hydrogen) atoms. The van der Waals surface area contributed by atoms with Crippen molar-refractivity contribution in [2.24, 2.45) is 16.2 Å². The Kier molecular flexibility index (Phi) is 19.2. The van der Waals surface area contributed by atoms with Crippen LogP contribution in [0.2, 0.25) is 0 Å². The van der Waals surface area contributed by atoms with Gasteiger partial charge >= 0.3 is 36.1 Å². The monoisotopic (exact) mass is 950 g/mol. The van der Waals surface area contributed by atoms with E-state index in [4.69, 9.17) is 39.9 Å². The van der Waals surface area contributed by atoms with Crippen LogP contribution >= 0.6 is 0 Å². The summed E-state index contributed by atoms with van der Waals surface area (Å²) in [7, 11) is 0. The second-order valence-corrected chi connectivity index (χ2v) is 19.7. The summed E-state index contributed by atoms with van der Waals surface area (Å²) in [5.74, 6) is -11.7. The number of carbonyl (C=O) groups is 2. The van der Waals surface area contributed by atoms with Crippen LogP contribution in [-0.4, -0.2) is 99.2 Å². The number of benzene rings is 2. The van der Waals surface area contributed by atoms with Gasteiger partial charge in [0.1, 0.15) is 25.4 Å². The first-order valence-corrected chi connectivity index (χ1v) is 20.8. The minimum atomic E-state index is -5.85. The van der Waals surface area contributed by atoms with E-state index in [0.717, 1.165) is 0 Å². The number of ether oxygens (including phenoxy) is 6. The van der Waals surface area contributed by atoms with E-state index in [-0.39, 0.29) is 37.2 Å². The van der Waals surface area contributed by atoms with E-state index < -0.39 is 102 Å². The van der Waals surface area contributed by atoms with Crippen molar-refractivity contribution >= 4 is 23.3 Å². The second-order valence-electron chi connectivity index (χ2n) is 19.7. The summed E-state index contributed by atoms with van der Waals surface area (Å²) in [6, 6.07) is 11.7. The van der Waals surface area contributed by atoms with Gasteiger partial charge < -0.3 is 39.9 Å². The number of nitrogen functional groups attached to an aromatic ring is 2. The topological polar surface area (TPSA) is 142 Å². The molecule has 0 radical (unpaired) electrons. The third-order valence-electron chi connectivity index (χ3n) is 10.2. The lowest BCUT2D eigenvalue weighted by molar-refractivity contribution is -0.298. The van der Waals surface area contributed by atoms with Gasteiger partial charge in [-0.1, -0.05) is 27.7 Å². The molecule has 10 nitrogen and oxygen atoms in total.